The van der Waals surface area contributed by atoms with Crippen molar-refractivity contribution in [3.8, 4) is 0 Å². The number of aryl methyl sites for hydroxylation is 1. The van der Waals surface area contributed by atoms with E-state index in [0.29, 0.717) is 17.7 Å². The van der Waals surface area contributed by atoms with Crippen LogP contribution in [0.5, 0.6) is 0 Å². The van der Waals surface area contributed by atoms with Crippen LogP contribution in [0.2, 0.25) is 0 Å². The van der Waals surface area contributed by atoms with Crippen LogP contribution in [-0.2, 0) is 13.8 Å². The summed E-state index contributed by atoms with van der Waals surface area (Å²) in [5, 5.41) is 2.79. The van der Waals surface area contributed by atoms with Gasteiger partial charge in [-0.3, -0.25) is 4.79 Å². The molecule has 1 aliphatic heterocycles. The molecule has 0 aliphatic carbocycles. The highest BCUT2D eigenvalue weighted by Crippen LogP contribution is 2.19. The van der Waals surface area contributed by atoms with Crippen molar-refractivity contribution >= 4 is 25.6 Å². The molecule has 1 amide bonds. The van der Waals surface area contributed by atoms with Crippen LogP contribution in [0, 0.1) is 6.92 Å². The fourth-order valence-electron chi connectivity index (χ4n) is 2.31. The zero-order chi connectivity index (χ0) is 15.5. The molecule has 1 N–H and O–H groups in total. The Hall–Kier alpha value is -1.11. The Bertz CT molecular complexity index is 624. The molecule has 0 spiro atoms. The molecule has 1 heterocycles. The van der Waals surface area contributed by atoms with Gasteiger partial charge in [0.2, 0.25) is 0 Å². The van der Waals surface area contributed by atoms with Crippen molar-refractivity contribution in [1.29, 1.82) is 0 Å². The van der Waals surface area contributed by atoms with Gasteiger partial charge in [0, 0.05) is 29.4 Å². The number of halogens is 1. The number of rotatable bonds is 5. The van der Waals surface area contributed by atoms with Crippen molar-refractivity contribution in [3.05, 3.63) is 29.3 Å². The van der Waals surface area contributed by atoms with Gasteiger partial charge in [-0.1, -0.05) is 6.07 Å². The highest BCUT2D eigenvalue weighted by Gasteiger charge is 2.18. The van der Waals surface area contributed by atoms with Crippen molar-refractivity contribution in [2.45, 2.75) is 37.2 Å². The molecule has 1 unspecified atom stereocenters. The number of ether oxygens (including phenoxy) is 1. The van der Waals surface area contributed by atoms with Crippen LogP contribution in [0.4, 0.5) is 0 Å². The Labute approximate surface area is 129 Å². The lowest BCUT2D eigenvalue weighted by molar-refractivity contribution is 0.0906. The molecule has 1 aliphatic rings. The van der Waals surface area contributed by atoms with Gasteiger partial charge in [0.15, 0.2) is 0 Å². The van der Waals surface area contributed by atoms with Crippen molar-refractivity contribution in [2.24, 2.45) is 0 Å². The Morgan fingerprint density at radius 2 is 2.24 bits per heavy atom. The number of carbonyl (C=O) groups excluding carboxylic acids is 1. The molecule has 1 fully saturated rings. The summed E-state index contributed by atoms with van der Waals surface area (Å²) in [4.78, 5) is 12.1. The quantitative estimate of drug-likeness (QED) is 0.840. The van der Waals surface area contributed by atoms with Crippen molar-refractivity contribution in [2.75, 3.05) is 13.2 Å². The van der Waals surface area contributed by atoms with E-state index >= 15 is 0 Å². The lowest BCUT2D eigenvalue weighted by Gasteiger charge is -2.11. The van der Waals surface area contributed by atoms with E-state index in [-0.39, 0.29) is 16.9 Å². The third kappa shape index (κ3) is 4.43. The molecule has 1 aromatic rings. The zero-order valence-corrected chi connectivity index (χ0v) is 13.3. The van der Waals surface area contributed by atoms with Crippen LogP contribution in [0.25, 0.3) is 0 Å². The summed E-state index contributed by atoms with van der Waals surface area (Å²) in [5.74, 6) is -0.298. The van der Waals surface area contributed by atoms with Gasteiger partial charge in [-0.15, -0.1) is 0 Å². The molecular formula is C14H18ClNO4S. The third-order valence-corrected chi connectivity index (χ3v) is 4.86. The largest absolute Gasteiger partial charge is 0.378 e. The van der Waals surface area contributed by atoms with Gasteiger partial charge in [-0.05, 0) is 43.9 Å². The third-order valence-electron chi connectivity index (χ3n) is 3.51. The van der Waals surface area contributed by atoms with Crippen LogP contribution in [0.1, 0.15) is 35.2 Å². The molecule has 1 atom stereocenters. The first-order valence-corrected chi connectivity index (χ1v) is 9.14. The maximum Gasteiger partial charge on any atom is 0.261 e. The summed E-state index contributed by atoms with van der Waals surface area (Å²) in [6.07, 6.45) is 3.06. The minimum Gasteiger partial charge on any atom is -0.378 e. The fraction of sp³-hybridized carbons (Fsp3) is 0.500. The van der Waals surface area contributed by atoms with E-state index in [9.17, 15) is 13.2 Å². The van der Waals surface area contributed by atoms with Gasteiger partial charge in [-0.25, -0.2) is 8.42 Å². The van der Waals surface area contributed by atoms with Gasteiger partial charge in [0.1, 0.15) is 0 Å². The summed E-state index contributed by atoms with van der Waals surface area (Å²) in [6.45, 7) is 3.04. The van der Waals surface area contributed by atoms with Crippen LogP contribution >= 0.6 is 10.7 Å². The molecule has 5 nitrogen and oxygen atoms in total. The van der Waals surface area contributed by atoms with E-state index in [4.69, 9.17) is 15.4 Å². The highest BCUT2D eigenvalue weighted by atomic mass is 35.7. The van der Waals surface area contributed by atoms with E-state index < -0.39 is 9.05 Å². The fourth-order valence-corrected chi connectivity index (χ4v) is 3.09. The number of amides is 1. The molecule has 116 valence electrons. The van der Waals surface area contributed by atoms with E-state index in [1.165, 1.54) is 12.1 Å². The second kappa shape index (κ2) is 6.77. The predicted molar refractivity (Wildman–Crippen MR) is 80.1 cm³/mol. The Kier molecular flexibility index (Phi) is 5.24. The second-order valence-electron chi connectivity index (χ2n) is 5.09. The van der Waals surface area contributed by atoms with Crippen LogP contribution in [0.15, 0.2) is 23.1 Å². The summed E-state index contributed by atoms with van der Waals surface area (Å²) in [7, 11) is 1.47. The Morgan fingerprint density at radius 3 is 2.86 bits per heavy atom. The summed E-state index contributed by atoms with van der Waals surface area (Å²) in [6, 6.07) is 4.27. The topological polar surface area (TPSA) is 72.5 Å². The van der Waals surface area contributed by atoms with Crippen LogP contribution in [-0.4, -0.2) is 33.6 Å². The first-order valence-electron chi connectivity index (χ1n) is 6.83. The predicted octanol–water partition coefficient (Wildman–Crippen LogP) is 2.22. The standard InChI is InChI=1S/C14H18ClNO4S/c1-10-4-5-12(21(15,18)19)9-13(10)14(17)16-7-6-11-3-2-8-20-11/h4-5,9,11H,2-3,6-8H2,1H3,(H,16,17). The molecule has 2 rings (SSSR count). The minimum atomic E-state index is -3.84. The molecule has 0 aromatic heterocycles. The lowest BCUT2D eigenvalue weighted by atomic mass is 10.1. The average molecular weight is 332 g/mol. The Balaban J connectivity index is 2.01. The number of nitrogens with one attached hydrogen (secondary N) is 1. The van der Waals surface area contributed by atoms with Crippen molar-refractivity contribution < 1.29 is 17.9 Å². The summed E-state index contributed by atoms with van der Waals surface area (Å²) >= 11 is 0. The molecule has 0 bridgehead atoms. The van der Waals surface area contributed by atoms with Crippen LogP contribution in [0.3, 0.4) is 0 Å². The first kappa shape index (κ1) is 16.3. The molecular weight excluding hydrogens is 314 g/mol. The number of carbonyl (C=O) groups is 1. The van der Waals surface area contributed by atoms with Crippen molar-refractivity contribution in [3.63, 3.8) is 0 Å². The second-order valence-corrected chi connectivity index (χ2v) is 7.66. The van der Waals surface area contributed by atoms with E-state index in [1.54, 1.807) is 13.0 Å². The van der Waals surface area contributed by atoms with E-state index in [0.717, 1.165) is 25.9 Å². The van der Waals surface area contributed by atoms with E-state index in [2.05, 4.69) is 5.32 Å². The molecule has 0 saturated carbocycles. The zero-order valence-electron chi connectivity index (χ0n) is 11.8. The number of hydrogen-bond donors (Lipinski definition) is 1. The normalized spacial score (nSPS) is 18.7. The summed E-state index contributed by atoms with van der Waals surface area (Å²) < 4.78 is 28.1. The monoisotopic (exact) mass is 331 g/mol. The molecule has 21 heavy (non-hydrogen) atoms. The smallest absolute Gasteiger partial charge is 0.261 e. The highest BCUT2D eigenvalue weighted by molar-refractivity contribution is 8.13. The SMILES string of the molecule is Cc1ccc(S(=O)(=O)Cl)cc1C(=O)NCCC1CCCO1. The summed E-state index contributed by atoms with van der Waals surface area (Å²) in [5.41, 5.74) is 1.03. The van der Waals surface area contributed by atoms with Gasteiger partial charge in [0.25, 0.3) is 15.0 Å². The van der Waals surface area contributed by atoms with Gasteiger partial charge in [0.05, 0.1) is 11.0 Å². The Morgan fingerprint density at radius 1 is 1.48 bits per heavy atom. The maximum absolute atomic E-state index is 12.1. The average Bonchev–Trinajstić information content (AvgIpc) is 2.91. The van der Waals surface area contributed by atoms with Gasteiger partial charge < -0.3 is 10.1 Å². The molecule has 0 radical (unpaired) electrons. The van der Waals surface area contributed by atoms with Crippen molar-refractivity contribution in [1.82, 2.24) is 5.32 Å². The van der Waals surface area contributed by atoms with Gasteiger partial charge >= 0.3 is 0 Å². The maximum atomic E-state index is 12.1. The van der Waals surface area contributed by atoms with E-state index in [1.807, 2.05) is 0 Å². The minimum absolute atomic E-state index is 0.0703. The molecule has 7 heteroatoms. The first-order chi connectivity index (χ1) is 9.88. The van der Waals surface area contributed by atoms with Gasteiger partial charge in [-0.2, -0.15) is 0 Å². The molecule has 1 aromatic carbocycles. The van der Waals surface area contributed by atoms with Crippen LogP contribution < -0.4 is 5.32 Å². The number of hydrogen-bond acceptors (Lipinski definition) is 4. The number of benzene rings is 1. The lowest BCUT2D eigenvalue weighted by Crippen LogP contribution is -2.27. The molecule has 1 saturated heterocycles.